The molecule has 6 heteroatoms. The molecule has 1 heterocycles. The van der Waals surface area contributed by atoms with Crippen LogP contribution >= 0.6 is 11.6 Å². The highest BCUT2D eigenvalue weighted by molar-refractivity contribution is 6.31. The molecule has 0 unspecified atom stereocenters. The second kappa shape index (κ2) is 7.54. The Kier molecular flexibility index (Phi) is 5.19. The first kappa shape index (κ1) is 17.9. The Bertz CT molecular complexity index is 952. The van der Waals surface area contributed by atoms with Gasteiger partial charge in [-0.15, -0.1) is 0 Å². The first-order valence-electron chi connectivity index (χ1n) is 8.19. The van der Waals surface area contributed by atoms with Gasteiger partial charge in [0.05, 0.1) is 11.3 Å². The number of amides is 1. The fourth-order valence-corrected chi connectivity index (χ4v) is 2.80. The highest BCUT2D eigenvalue weighted by Crippen LogP contribution is 2.25. The Morgan fingerprint density at radius 3 is 2.31 bits per heavy atom. The number of anilines is 3. The number of hydrogen-bond acceptors (Lipinski definition) is 4. The van der Waals surface area contributed by atoms with Gasteiger partial charge in [-0.25, -0.2) is 9.97 Å². The van der Waals surface area contributed by atoms with Crippen LogP contribution in [0.4, 0.5) is 17.3 Å². The van der Waals surface area contributed by atoms with Gasteiger partial charge in [0, 0.05) is 22.1 Å². The third-order valence-corrected chi connectivity index (χ3v) is 4.33. The van der Waals surface area contributed by atoms with Gasteiger partial charge in [0.25, 0.3) is 5.91 Å². The van der Waals surface area contributed by atoms with Crippen LogP contribution in [0.1, 0.15) is 27.3 Å². The molecule has 0 radical (unpaired) electrons. The number of carbonyl (C=O) groups excluding carboxylic acids is 1. The standard InChI is InChI=1S/C20H19ClN4O/c1-12-11-13(2)23-20(22-12)25-18-9-5-4-7-15(18)19(26)24-17-10-6-8-16(21)14(17)3/h4-11H,1-3H3,(H,24,26)(H,22,23,25). The molecule has 26 heavy (non-hydrogen) atoms. The largest absolute Gasteiger partial charge is 0.323 e. The molecule has 0 spiro atoms. The first-order chi connectivity index (χ1) is 12.4. The van der Waals surface area contributed by atoms with Crippen LogP contribution in [0.2, 0.25) is 5.02 Å². The van der Waals surface area contributed by atoms with E-state index in [2.05, 4.69) is 20.6 Å². The number of benzene rings is 2. The molecule has 1 amide bonds. The molecule has 1 aromatic heterocycles. The van der Waals surface area contributed by atoms with E-state index in [1.54, 1.807) is 18.2 Å². The molecule has 0 saturated heterocycles. The van der Waals surface area contributed by atoms with Crippen molar-refractivity contribution in [2.45, 2.75) is 20.8 Å². The molecular formula is C20H19ClN4O. The predicted molar refractivity (Wildman–Crippen MR) is 105 cm³/mol. The van der Waals surface area contributed by atoms with Crippen LogP contribution in [0.15, 0.2) is 48.5 Å². The average molecular weight is 367 g/mol. The molecule has 2 N–H and O–H groups in total. The second-order valence-corrected chi connectivity index (χ2v) is 6.42. The zero-order valence-corrected chi connectivity index (χ0v) is 15.6. The minimum Gasteiger partial charge on any atom is -0.323 e. The molecule has 0 fully saturated rings. The van der Waals surface area contributed by atoms with Crippen molar-refractivity contribution in [3.63, 3.8) is 0 Å². The minimum absolute atomic E-state index is 0.233. The maximum Gasteiger partial charge on any atom is 0.257 e. The molecule has 2 aromatic carbocycles. The van der Waals surface area contributed by atoms with E-state index in [1.165, 1.54) is 0 Å². The van der Waals surface area contributed by atoms with Crippen LogP contribution in [0.25, 0.3) is 0 Å². The van der Waals surface area contributed by atoms with Gasteiger partial charge in [-0.1, -0.05) is 29.8 Å². The summed E-state index contributed by atoms with van der Waals surface area (Å²) in [4.78, 5) is 21.5. The Morgan fingerprint density at radius 2 is 1.58 bits per heavy atom. The molecule has 0 atom stereocenters. The van der Waals surface area contributed by atoms with Crippen LogP contribution < -0.4 is 10.6 Å². The number of carbonyl (C=O) groups is 1. The van der Waals surface area contributed by atoms with Crippen LogP contribution in [0, 0.1) is 20.8 Å². The summed E-state index contributed by atoms with van der Waals surface area (Å²) in [6.45, 7) is 5.67. The summed E-state index contributed by atoms with van der Waals surface area (Å²) < 4.78 is 0. The van der Waals surface area contributed by atoms with Gasteiger partial charge in [-0.2, -0.15) is 0 Å². The number of para-hydroxylation sites is 1. The molecule has 0 saturated carbocycles. The van der Waals surface area contributed by atoms with E-state index in [1.807, 2.05) is 51.1 Å². The summed E-state index contributed by atoms with van der Waals surface area (Å²) in [6, 6.07) is 14.5. The fraction of sp³-hybridized carbons (Fsp3) is 0.150. The normalized spacial score (nSPS) is 10.5. The van der Waals surface area contributed by atoms with Crippen molar-refractivity contribution in [2.75, 3.05) is 10.6 Å². The number of aryl methyl sites for hydroxylation is 2. The first-order valence-corrected chi connectivity index (χ1v) is 8.56. The molecule has 0 aliphatic rings. The lowest BCUT2D eigenvalue weighted by Crippen LogP contribution is -2.15. The van der Waals surface area contributed by atoms with E-state index in [0.717, 1.165) is 17.0 Å². The lowest BCUT2D eigenvalue weighted by Gasteiger charge is -2.13. The number of halogens is 1. The van der Waals surface area contributed by atoms with Crippen molar-refractivity contribution in [3.8, 4) is 0 Å². The maximum atomic E-state index is 12.8. The van der Waals surface area contributed by atoms with Gasteiger partial charge in [0.2, 0.25) is 5.95 Å². The van der Waals surface area contributed by atoms with Gasteiger partial charge in [-0.3, -0.25) is 4.79 Å². The summed E-state index contributed by atoms with van der Waals surface area (Å²) >= 11 is 6.13. The summed E-state index contributed by atoms with van der Waals surface area (Å²) in [5.41, 5.74) is 4.35. The smallest absolute Gasteiger partial charge is 0.257 e. The molecule has 0 aliphatic carbocycles. The molecule has 3 aromatic rings. The predicted octanol–water partition coefficient (Wildman–Crippen LogP) is 5.05. The molecule has 132 valence electrons. The summed E-state index contributed by atoms with van der Waals surface area (Å²) in [7, 11) is 0. The van der Waals surface area contributed by atoms with Gasteiger partial charge < -0.3 is 10.6 Å². The number of nitrogens with one attached hydrogen (secondary N) is 2. The van der Waals surface area contributed by atoms with E-state index in [-0.39, 0.29) is 5.91 Å². The van der Waals surface area contributed by atoms with Crippen molar-refractivity contribution >= 4 is 34.8 Å². The third-order valence-electron chi connectivity index (χ3n) is 3.92. The fourth-order valence-electron chi connectivity index (χ4n) is 2.62. The van der Waals surface area contributed by atoms with Crippen molar-refractivity contribution in [3.05, 3.63) is 76.1 Å². The van der Waals surface area contributed by atoms with E-state index >= 15 is 0 Å². The topological polar surface area (TPSA) is 66.9 Å². The van der Waals surface area contributed by atoms with E-state index in [9.17, 15) is 4.79 Å². The molecule has 0 aliphatic heterocycles. The van der Waals surface area contributed by atoms with Gasteiger partial charge in [0.15, 0.2) is 0 Å². The van der Waals surface area contributed by atoms with Crippen LogP contribution in [-0.4, -0.2) is 15.9 Å². The molecular weight excluding hydrogens is 348 g/mol. The Hall–Kier alpha value is -2.92. The molecule has 5 nitrogen and oxygen atoms in total. The van der Waals surface area contributed by atoms with Crippen LogP contribution in [0.5, 0.6) is 0 Å². The number of hydrogen-bond donors (Lipinski definition) is 2. The van der Waals surface area contributed by atoms with Gasteiger partial charge in [-0.05, 0) is 56.7 Å². The van der Waals surface area contributed by atoms with Gasteiger partial charge >= 0.3 is 0 Å². The highest BCUT2D eigenvalue weighted by atomic mass is 35.5. The van der Waals surface area contributed by atoms with Gasteiger partial charge in [0.1, 0.15) is 0 Å². The summed E-state index contributed by atoms with van der Waals surface area (Å²) in [5, 5.41) is 6.66. The van der Waals surface area contributed by atoms with Crippen LogP contribution in [-0.2, 0) is 0 Å². The zero-order valence-electron chi connectivity index (χ0n) is 14.8. The highest BCUT2D eigenvalue weighted by Gasteiger charge is 2.14. The summed E-state index contributed by atoms with van der Waals surface area (Å²) in [5.74, 6) is 0.226. The lowest BCUT2D eigenvalue weighted by atomic mass is 10.1. The van der Waals surface area contributed by atoms with E-state index in [0.29, 0.717) is 27.9 Å². The SMILES string of the molecule is Cc1cc(C)nc(Nc2ccccc2C(=O)Nc2cccc(Cl)c2C)n1. The Balaban J connectivity index is 1.89. The lowest BCUT2D eigenvalue weighted by molar-refractivity contribution is 0.102. The molecule has 0 bridgehead atoms. The number of aromatic nitrogens is 2. The average Bonchev–Trinajstić information content (AvgIpc) is 2.58. The quantitative estimate of drug-likeness (QED) is 0.678. The molecule has 3 rings (SSSR count). The number of rotatable bonds is 4. The van der Waals surface area contributed by atoms with E-state index < -0.39 is 0 Å². The maximum absolute atomic E-state index is 12.8. The summed E-state index contributed by atoms with van der Waals surface area (Å²) in [6.07, 6.45) is 0. The Morgan fingerprint density at radius 1 is 0.923 bits per heavy atom. The second-order valence-electron chi connectivity index (χ2n) is 6.01. The van der Waals surface area contributed by atoms with Crippen molar-refractivity contribution in [2.24, 2.45) is 0 Å². The minimum atomic E-state index is -0.233. The van der Waals surface area contributed by atoms with E-state index in [4.69, 9.17) is 11.6 Å². The van der Waals surface area contributed by atoms with Crippen molar-refractivity contribution in [1.82, 2.24) is 9.97 Å². The van der Waals surface area contributed by atoms with Crippen molar-refractivity contribution in [1.29, 1.82) is 0 Å². The van der Waals surface area contributed by atoms with Crippen LogP contribution in [0.3, 0.4) is 0 Å². The van der Waals surface area contributed by atoms with Crippen molar-refractivity contribution < 1.29 is 4.79 Å². The Labute approximate surface area is 157 Å². The third kappa shape index (κ3) is 4.00. The number of nitrogens with zero attached hydrogens (tertiary/aromatic N) is 2. The zero-order chi connectivity index (χ0) is 18.7. The monoisotopic (exact) mass is 366 g/mol.